The molecule has 2 atom stereocenters. The van der Waals surface area contributed by atoms with Gasteiger partial charge < -0.3 is 14.5 Å². The Morgan fingerprint density at radius 3 is 2.78 bits per heavy atom. The highest BCUT2D eigenvalue weighted by Gasteiger charge is 2.56. The number of hydrogen-bond donors (Lipinski definition) is 1. The van der Waals surface area contributed by atoms with E-state index in [1.807, 2.05) is 0 Å². The minimum absolute atomic E-state index is 0.108. The minimum Gasteiger partial charge on any atom is -0.465 e. The van der Waals surface area contributed by atoms with Gasteiger partial charge in [-0.05, 0) is 26.3 Å². The fourth-order valence-corrected chi connectivity index (χ4v) is 5.48. The van der Waals surface area contributed by atoms with E-state index >= 15 is 0 Å². The third kappa shape index (κ3) is 2.49. The van der Waals surface area contributed by atoms with Crippen molar-refractivity contribution in [2.24, 2.45) is 11.3 Å². The number of furan rings is 1. The molecule has 8 heteroatoms. The van der Waals surface area contributed by atoms with Crippen molar-refractivity contribution in [3.05, 3.63) is 17.6 Å². The molecule has 1 amide bonds. The van der Waals surface area contributed by atoms with Gasteiger partial charge in [-0.1, -0.05) is 0 Å². The molecule has 23 heavy (non-hydrogen) atoms. The van der Waals surface area contributed by atoms with Crippen LogP contribution in [-0.2, 0) is 19.6 Å². The van der Waals surface area contributed by atoms with Crippen molar-refractivity contribution in [3.8, 4) is 0 Å². The van der Waals surface area contributed by atoms with Crippen molar-refractivity contribution < 1.29 is 22.4 Å². The van der Waals surface area contributed by atoms with E-state index in [9.17, 15) is 13.2 Å². The molecule has 0 spiro atoms. The van der Waals surface area contributed by atoms with Gasteiger partial charge in [0.05, 0.1) is 12.0 Å². The van der Waals surface area contributed by atoms with Gasteiger partial charge in [-0.3, -0.25) is 4.79 Å². The van der Waals surface area contributed by atoms with Gasteiger partial charge in [0.1, 0.15) is 16.4 Å². The Morgan fingerprint density at radius 2 is 2.17 bits per heavy atom. The summed E-state index contributed by atoms with van der Waals surface area (Å²) >= 11 is 0. The summed E-state index contributed by atoms with van der Waals surface area (Å²) < 4.78 is 38.2. The third-order valence-electron chi connectivity index (χ3n) is 4.97. The lowest BCUT2D eigenvalue weighted by atomic mass is 9.73. The van der Waals surface area contributed by atoms with E-state index in [2.05, 4.69) is 5.32 Å². The molecule has 2 aliphatic rings. The van der Waals surface area contributed by atoms with E-state index in [1.165, 1.54) is 10.4 Å². The fraction of sp³-hybridized carbons (Fsp3) is 0.667. The monoisotopic (exact) mass is 342 g/mol. The second kappa shape index (κ2) is 5.61. The quantitative estimate of drug-likeness (QED) is 0.872. The van der Waals surface area contributed by atoms with Crippen LogP contribution >= 0.6 is 0 Å². The molecule has 2 saturated heterocycles. The number of rotatable bonds is 3. The van der Waals surface area contributed by atoms with Crippen LogP contribution in [0.2, 0.25) is 0 Å². The topological polar surface area (TPSA) is 88.9 Å². The molecule has 3 rings (SSSR count). The number of ether oxygens (including phenoxy) is 1. The average Bonchev–Trinajstić information content (AvgIpc) is 3.07. The Labute approximate surface area is 136 Å². The highest BCUT2D eigenvalue weighted by molar-refractivity contribution is 7.89. The summed E-state index contributed by atoms with van der Waals surface area (Å²) in [5.74, 6) is 0.701. The Kier molecular flexibility index (Phi) is 4.02. The molecule has 0 aromatic carbocycles. The zero-order valence-corrected chi connectivity index (χ0v) is 14.4. The lowest BCUT2D eigenvalue weighted by Crippen LogP contribution is -2.49. The Balaban J connectivity index is 1.96. The molecular weight excluding hydrogens is 320 g/mol. The average molecular weight is 342 g/mol. The number of nitrogens with one attached hydrogen (secondary N) is 1. The van der Waals surface area contributed by atoms with Crippen molar-refractivity contribution in [2.75, 3.05) is 33.4 Å². The van der Waals surface area contributed by atoms with Gasteiger partial charge in [0.15, 0.2) is 0 Å². The molecule has 0 saturated carbocycles. The van der Waals surface area contributed by atoms with Crippen molar-refractivity contribution in [1.29, 1.82) is 0 Å². The summed E-state index contributed by atoms with van der Waals surface area (Å²) in [7, 11) is -2.09. The van der Waals surface area contributed by atoms with Crippen LogP contribution in [-0.4, -0.2) is 52.0 Å². The van der Waals surface area contributed by atoms with Crippen molar-refractivity contribution in [1.82, 2.24) is 9.62 Å². The summed E-state index contributed by atoms with van der Waals surface area (Å²) in [5, 5.41) is 2.69. The number of sulfonamides is 1. The van der Waals surface area contributed by atoms with Crippen LogP contribution in [0.3, 0.4) is 0 Å². The van der Waals surface area contributed by atoms with E-state index in [-0.39, 0.29) is 23.3 Å². The standard InChI is InChI=1S/C15H22N2O5S/c1-10-6-13(11(2)22-10)23(19,20)17-7-12-8-21-5-4-15(12,9-17)14(18)16-3/h6,12H,4-5,7-9H2,1-3H3,(H,16,18)/t12-,15+/m1/s1. The van der Waals surface area contributed by atoms with E-state index < -0.39 is 15.4 Å². The lowest BCUT2D eigenvalue weighted by Gasteiger charge is -2.36. The molecule has 0 aliphatic carbocycles. The Morgan fingerprint density at radius 1 is 1.43 bits per heavy atom. The molecule has 1 N–H and O–H groups in total. The lowest BCUT2D eigenvalue weighted by molar-refractivity contribution is -0.138. The largest absolute Gasteiger partial charge is 0.465 e. The van der Waals surface area contributed by atoms with Crippen LogP contribution in [0.1, 0.15) is 17.9 Å². The first-order valence-electron chi connectivity index (χ1n) is 7.68. The first-order chi connectivity index (χ1) is 10.8. The predicted octanol–water partition coefficient (Wildman–Crippen LogP) is 0.670. The van der Waals surface area contributed by atoms with E-state index in [1.54, 1.807) is 20.9 Å². The number of hydrogen-bond acceptors (Lipinski definition) is 5. The number of fused-ring (bicyclic) bond motifs is 1. The molecule has 0 bridgehead atoms. The van der Waals surface area contributed by atoms with Crippen LogP contribution in [0.25, 0.3) is 0 Å². The number of amides is 1. The number of aryl methyl sites for hydroxylation is 2. The molecule has 0 unspecified atom stereocenters. The van der Waals surface area contributed by atoms with E-state index in [4.69, 9.17) is 9.15 Å². The molecule has 1 aromatic rings. The first-order valence-corrected chi connectivity index (χ1v) is 9.12. The fourth-order valence-electron chi connectivity index (χ4n) is 3.71. The van der Waals surface area contributed by atoms with Crippen molar-refractivity contribution >= 4 is 15.9 Å². The molecule has 2 fully saturated rings. The smallest absolute Gasteiger partial charge is 0.246 e. The molecule has 2 aliphatic heterocycles. The van der Waals surface area contributed by atoms with Crippen LogP contribution < -0.4 is 5.32 Å². The summed E-state index contributed by atoms with van der Waals surface area (Å²) in [5.41, 5.74) is -0.702. The number of carbonyl (C=O) groups excluding carboxylic acids is 1. The highest BCUT2D eigenvalue weighted by atomic mass is 32.2. The zero-order valence-electron chi connectivity index (χ0n) is 13.6. The highest BCUT2D eigenvalue weighted by Crippen LogP contribution is 2.44. The van der Waals surface area contributed by atoms with E-state index in [0.717, 1.165) is 0 Å². The third-order valence-corrected chi connectivity index (χ3v) is 6.89. The summed E-state index contributed by atoms with van der Waals surface area (Å²) in [4.78, 5) is 12.6. The predicted molar refractivity (Wildman–Crippen MR) is 82.4 cm³/mol. The van der Waals surface area contributed by atoms with Crippen LogP contribution in [0.4, 0.5) is 0 Å². The normalized spacial score (nSPS) is 28.6. The summed E-state index contributed by atoms with van der Waals surface area (Å²) in [6.45, 7) is 4.72. The van der Waals surface area contributed by atoms with Gasteiger partial charge in [-0.2, -0.15) is 4.31 Å². The van der Waals surface area contributed by atoms with Crippen LogP contribution in [0.5, 0.6) is 0 Å². The van der Waals surface area contributed by atoms with Gasteiger partial charge in [0.2, 0.25) is 15.9 Å². The number of nitrogens with zero attached hydrogens (tertiary/aromatic N) is 1. The van der Waals surface area contributed by atoms with Gasteiger partial charge in [-0.25, -0.2) is 8.42 Å². The summed E-state index contributed by atoms with van der Waals surface area (Å²) in [6, 6.07) is 1.54. The van der Waals surface area contributed by atoms with Crippen LogP contribution in [0.15, 0.2) is 15.4 Å². The zero-order chi connectivity index (χ0) is 16.8. The van der Waals surface area contributed by atoms with Gasteiger partial charge in [0, 0.05) is 32.7 Å². The van der Waals surface area contributed by atoms with Gasteiger partial charge in [0.25, 0.3) is 0 Å². The maximum absolute atomic E-state index is 13.0. The van der Waals surface area contributed by atoms with Crippen LogP contribution in [0, 0.1) is 25.2 Å². The Bertz CT molecular complexity index is 726. The molecule has 7 nitrogen and oxygen atoms in total. The molecular formula is C15H22N2O5S. The summed E-state index contributed by atoms with van der Waals surface area (Å²) in [6.07, 6.45) is 0.534. The first kappa shape index (κ1) is 16.5. The van der Waals surface area contributed by atoms with Crippen molar-refractivity contribution in [3.63, 3.8) is 0 Å². The van der Waals surface area contributed by atoms with E-state index in [0.29, 0.717) is 37.7 Å². The maximum atomic E-state index is 13.0. The van der Waals surface area contributed by atoms with Gasteiger partial charge >= 0.3 is 0 Å². The molecule has 1 aromatic heterocycles. The molecule has 128 valence electrons. The maximum Gasteiger partial charge on any atom is 0.246 e. The molecule has 0 radical (unpaired) electrons. The number of carbonyl (C=O) groups is 1. The molecule has 3 heterocycles. The second-order valence-electron chi connectivity index (χ2n) is 6.33. The van der Waals surface area contributed by atoms with Crippen molar-refractivity contribution in [2.45, 2.75) is 25.2 Å². The van der Waals surface area contributed by atoms with Gasteiger partial charge in [-0.15, -0.1) is 0 Å². The SMILES string of the molecule is CNC(=O)[C@]12CCOC[C@H]1CN(S(=O)(=O)c1cc(C)oc1C)C2. The second-order valence-corrected chi connectivity index (χ2v) is 8.24. The Hall–Kier alpha value is -1.38. The minimum atomic E-state index is -3.68.